The summed E-state index contributed by atoms with van der Waals surface area (Å²) >= 11 is 0. The number of aliphatic hydroxyl groups excluding tert-OH is 4. The van der Waals surface area contributed by atoms with Crippen LogP contribution in [0.4, 0.5) is 0 Å². The van der Waals surface area contributed by atoms with Crippen molar-refractivity contribution in [1.29, 1.82) is 0 Å². The molecule has 2 aromatic rings. The summed E-state index contributed by atoms with van der Waals surface area (Å²) in [5.41, 5.74) is 0.714. The second-order valence-electron chi connectivity index (χ2n) is 6.78. The van der Waals surface area contributed by atoms with Crippen LogP contribution >= 0.6 is 0 Å². The van der Waals surface area contributed by atoms with Crippen molar-refractivity contribution in [2.45, 2.75) is 44.4 Å². The van der Waals surface area contributed by atoms with Crippen LogP contribution in [0, 0.1) is 6.92 Å². The quantitative estimate of drug-likeness (QED) is 0.597. The molecule has 8 nitrogen and oxygen atoms in total. The fourth-order valence-corrected chi connectivity index (χ4v) is 3.56. The highest BCUT2D eigenvalue weighted by atomic mass is 16.5. The van der Waals surface area contributed by atoms with Crippen molar-refractivity contribution in [3.8, 4) is 5.75 Å². The van der Waals surface area contributed by atoms with Crippen molar-refractivity contribution in [1.82, 2.24) is 0 Å². The largest absolute Gasteiger partial charge is 0.496 e. The fraction of sp³-hybridized carbons (Fsp3) is 0.450. The molecule has 152 valence electrons. The summed E-state index contributed by atoms with van der Waals surface area (Å²) in [4.78, 5) is 12.7. The van der Waals surface area contributed by atoms with Crippen LogP contribution in [0.1, 0.15) is 29.9 Å². The van der Waals surface area contributed by atoms with Gasteiger partial charge in [0.25, 0.3) is 0 Å². The van der Waals surface area contributed by atoms with Gasteiger partial charge in [0, 0.05) is 6.07 Å². The van der Waals surface area contributed by atoms with E-state index in [1.54, 1.807) is 32.1 Å². The molecule has 0 spiro atoms. The lowest BCUT2D eigenvalue weighted by Gasteiger charge is -2.40. The first kappa shape index (κ1) is 20.5. The summed E-state index contributed by atoms with van der Waals surface area (Å²) in [6.07, 6.45) is -3.56. The SMILES string of the molecule is C/C=C/c1cc(=O)c2c(C)cc(OC)c([C@H]3O[C@H](CO)[C@@H](O)[C@H](O)[C@H]3O)c2o1. The Labute approximate surface area is 161 Å². The second-order valence-corrected chi connectivity index (χ2v) is 6.78. The van der Waals surface area contributed by atoms with E-state index in [2.05, 4.69) is 0 Å². The number of hydrogen-bond acceptors (Lipinski definition) is 8. The molecule has 1 aliphatic rings. The lowest BCUT2D eigenvalue weighted by atomic mass is 9.89. The molecular weight excluding hydrogens is 368 g/mol. The van der Waals surface area contributed by atoms with Crippen molar-refractivity contribution in [3.05, 3.63) is 45.3 Å². The Bertz CT molecular complexity index is 945. The second kappa shape index (κ2) is 8.02. The highest BCUT2D eigenvalue weighted by molar-refractivity contribution is 5.86. The van der Waals surface area contributed by atoms with Crippen molar-refractivity contribution >= 4 is 17.0 Å². The number of aliphatic hydroxyl groups is 4. The van der Waals surface area contributed by atoms with Crippen LogP contribution in [0.2, 0.25) is 0 Å². The van der Waals surface area contributed by atoms with Gasteiger partial charge in [0.2, 0.25) is 0 Å². The molecule has 28 heavy (non-hydrogen) atoms. The average molecular weight is 392 g/mol. The molecule has 5 atom stereocenters. The third kappa shape index (κ3) is 3.34. The minimum absolute atomic E-state index is 0.154. The van der Waals surface area contributed by atoms with Crippen LogP contribution in [-0.2, 0) is 4.74 Å². The molecule has 1 aromatic carbocycles. The van der Waals surface area contributed by atoms with Gasteiger partial charge in [-0.2, -0.15) is 0 Å². The van der Waals surface area contributed by atoms with E-state index in [0.29, 0.717) is 16.7 Å². The van der Waals surface area contributed by atoms with Gasteiger partial charge >= 0.3 is 0 Å². The molecule has 0 saturated carbocycles. The number of ether oxygens (including phenoxy) is 2. The third-order valence-corrected chi connectivity index (χ3v) is 4.95. The fourth-order valence-electron chi connectivity index (χ4n) is 3.56. The first-order valence-electron chi connectivity index (χ1n) is 8.92. The lowest BCUT2D eigenvalue weighted by Crippen LogP contribution is -2.55. The molecule has 2 heterocycles. The topological polar surface area (TPSA) is 130 Å². The molecule has 1 fully saturated rings. The summed E-state index contributed by atoms with van der Waals surface area (Å²) in [5.74, 6) is 0.591. The lowest BCUT2D eigenvalue weighted by molar-refractivity contribution is -0.231. The normalized spacial score (nSPS) is 28.2. The zero-order valence-corrected chi connectivity index (χ0v) is 15.8. The predicted molar refractivity (Wildman–Crippen MR) is 101 cm³/mol. The minimum atomic E-state index is -1.57. The summed E-state index contributed by atoms with van der Waals surface area (Å²) in [7, 11) is 1.42. The molecule has 3 rings (SSSR count). The molecule has 1 saturated heterocycles. The molecule has 1 aromatic heterocycles. The zero-order valence-electron chi connectivity index (χ0n) is 15.8. The first-order chi connectivity index (χ1) is 13.3. The Morgan fingerprint density at radius 3 is 2.50 bits per heavy atom. The van der Waals surface area contributed by atoms with Gasteiger partial charge in [-0.1, -0.05) is 6.08 Å². The number of methoxy groups -OCH3 is 1. The van der Waals surface area contributed by atoms with Gasteiger partial charge in [0.15, 0.2) is 5.43 Å². The molecule has 4 N–H and O–H groups in total. The van der Waals surface area contributed by atoms with Gasteiger partial charge in [-0.3, -0.25) is 4.79 Å². The number of aryl methyl sites for hydroxylation is 1. The van der Waals surface area contributed by atoms with Gasteiger partial charge in [-0.15, -0.1) is 0 Å². The third-order valence-electron chi connectivity index (χ3n) is 4.95. The van der Waals surface area contributed by atoms with E-state index in [9.17, 15) is 25.2 Å². The number of hydrogen-bond donors (Lipinski definition) is 4. The van der Waals surface area contributed by atoms with Crippen molar-refractivity contribution in [2.24, 2.45) is 0 Å². The maximum Gasteiger partial charge on any atom is 0.193 e. The van der Waals surface area contributed by atoms with E-state index >= 15 is 0 Å². The van der Waals surface area contributed by atoms with Gasteiger partial charge in [0.05, 0.1) is 24.7 Å². The maximum absolute atomic E-state index is 12.7. The number of rotatable bonds is 4. The first-order valence-corrected chi connectivity index (χ1v) is 8.92. The predicted octanol–water partition coefficient (Wildman–Crippen LogP) is 0.658. The van der Waals surface area contributed by atoms with Crippen molar-refractivity contribution in [3.63, 3.8) is 0 Å². The highest BCUT2D eigenvalue weighted by Gasteiger charge is 2.46. The number of fused-ring (bicyclic) bond motifs is 1. The van der Waals surface area contributed by atoms with Crippen LogP contribution in [0.3, 0.4) is 0 Å². The molecule has 0 unspecified atom stereocenters. The van der Waals surface area contributed by atoms with E-state index in [1.807, 2.05) is 0 Å². The van der Waals surface area contributed by atoms with Gasteiger partial charge < -0.3 is 34.3 Å². The Morgan fingerprint density at radius 1 is 1.18 bits per heavy atom. The number of allylic oxidation sites excluding steroid dienone is 1. The zero-order chi connectivity index (χ0) is 20.6. The molecule has 0 aliphatic carbocycles. The molecule has 8 heteroatoms. The maximum atomic E-state index is 12.7. The van der Waals surface area contributed by atoms with Gasteiger partial charge in [-0.05, 0) is 31.6 Å². The van der Waals surface area contributed by atoms with Crippen molar-refractivity contribution in [2.75, 3.05) is 13.7 Å². The average Bonchev–Trinajstić information content (AvgIpc) is 2.66. The molecule has 1 aliphatic heterocycles. The molecule has 0 radical (unpaired) electrons. The Balaban J connectivity index is 2.32. The molecule has 0 bridgehead atoms. The van der Waals surface area contributed by atoms with Crippen LogP contribution in [0.15, 0.2) is 27.4 Å². The molecular formula is C20H24O8. The Kier molecular flexibility index (Phi) is 5.87. The Morgan fingerprint density at radius 2 is 1.89 bits per heavy atom. The van der Waals surface area contributed by atoms with E-state index in [-0.39, 0.29) is 22.3 Å². The van der Waals surface area contributed by atoms with Crippen molar-refractivity contribution < 1.29 is 34.3 Å². The summed E-state index contributed by atoms with van der Waals surface area (Å²) < 4.78 is 17.0. The van der Waals surface area contributed by atoms with Crippen LogP contribution in [0.5, 0.6) is 5.75 Å². The van der Waals surface area contributed by atoms with Gasteiger partial charge in [-0.25, -0.2) is 0 Å². The Hall–Kier alpha value is -2.23. The molecule has 0 amide bonds. The minimum Gasteiger partial charge on any atom is -0.496 e. The van der Waals surface area contributed by atoms with E-state index in [1.165, 1.54) is 13.2 Å². The summed E-state index contributed by atoms with van der Waals surface area (Å²) in [5, 5.41) is 40.6. The smallest absolute Gasteiger partial charge is 0.193 e. The number of benzene rings is 1. The van der Waals surface area contributed by atoms with E-state index < -0.39 is 37.1 Å². The highest BCUT2D eigenvalue weighted by Crippen LogP contribution is 2.41. The standard InChI is InChI=1S/C20H24O8/c1-4-5-10-7-11(22)14-9(2)6-12(26-3)15(19(14)27-10)20-18(25)17(24)16(23)13(8-21)28-20/h4-7,13,16-18,20-21,23-25H,8H2,1-3H3/b5-4+/t13-,16-,17+,18-,20-/m1/s1. The van der Waals surface area contributed by atoms with E-state index in [0.717, 1.165) is 0 Å². The van der Waals surface area contributed by atoms with Crippen LogP contribution in [-0.4, -0.2) is 58.6 Å². The van der Waals surface area contributed by atoms with Crippen LogP contribution in [0.25, 0.3) is 17.0 Å². The van der Waals surface area contributed by atoms with Crippen LogP contribution < -0.4 is 10.2 Å². The monoisotopic (exact) mass is 392 g/mol. The van der Waals surface area contributed by atoms with Gasteiger partial charge in [0.1, 0.15) is 47.6 Å². The summed E-state index contributed by atoms with van der Waals surface area (Å²) in [6.45, 7) is 2.94. The summed E-state index contributed by atoms with van der Waals surface area (Å²) in [6, 6.07) is 2.98. The van der Waals surface area contributed by atoms with E-state index in [4.69, 9.17) is 13.9 Å².